The van der Waals surface area contributed by atoms with Crippen molar-refractivity contribution >= 4 is 12.1 Å². The molecule has 142 valence electrons. The summed E-state index contributed by atoms with van der Waals surface area (Å²) in [4.78, 5) is 12.3. The molecule has 0 radical (unpaired) electrons. The van der Waals surface area contributed by atoms with Crippen LogP contribution in [0.1, 0.15) is 23.6 Å². The number of benzene rings is 2. The second-order valence-electron chi connectivity index (χ2n) is 6.04. The first-order valence-electron chi connectivity index (χ1n) is 8.46. The van der Waals surface area contributed by atoms with Crippen molar-refractivity contribution in [2.75, 3.05) is 14.2 Å². The lowest BCUT2D eigenvalue weighted by Gasteiger charge is -2.10. The van der Waals surface area contributed by atoms with Crippen molar-refractivity contribution in [3.63, 3.8) is 0 Å². The van der Waals surface area contributed by atoms with Gasteiger partial charge in [0.25, 0.3) is 5.91 Å². The highest BCUT2D eigenvalue weighted by atomic mass is 16.5. The van der Waals surface area contributed by atoms with E-state index in [9.17, 15) is 9.90 Å². The monoisotopic (exact) mass is 370 g/mol. The summed E-state index contributed by atoms with van der Waals surface area (Å²) in [6, 6.07) is 12.3. The molecule has 1 aliphatic rings. The number of hydrogen-bond donors (Lipinski definition) is 4. The second kappa shape index (κ2) is 8.52. The molecule has 2 atom stereocenters. The molecule has 1 heterocycles. The van der Waals surface area contributed by atoms with Crippen LogP contribution in [0.3, 0.4) is 0 Å². The second-order valence-corrected chi connectivity index (χ2v) is 6.04. The van der Waals surface area contributed by atoms with Crippen molar-refractivity contribution in [1.29, 1.82) is 0 Å². The van der Waals surface area contributed by atoms with Gasteiger partial charge in [-0.2, -0.15) is 5.10 Å². The zero-order chi connectivity index (χ0) is 19.2. The van der Waals surface area contributed by atoms with Gasteiger partial charge in [0, 0.05) is 11.6 Å². The van der Waals surface area contributed by atoms with Gasteiger partial charge in [0.1, 0.15) is 11.8 Å². The van der Waals surface area contributed by atoms with Crippen molar-refractivity contribution in [2.45, 2.75) is 18.5 Å². The molecule has 4 N–H and O–H groups in total. The molecule has 0 aliphatic carbocycles. The first-order valence-corrected chi connectivity index (χ1v) is 8.46. The standard InChI is InChI=1S/C19H22N4O4/c1-26-14-8-6-12(7-9-14)15-10-16(22-21-15)19(25)23-20-11-13-4-3-5-17(27-2)18(13)24/h3-9,11,15-16,21-22,24H,10H2,1-2H3,(H,23,25)/b20-11+. The predicted molar refractivity (Wildman–Crippen MR) is 101 cm³/mol. The molecule has 0 saturated carbocycles. The minimum atomic E-state index is -0.423. The molecule has 2 aromatic rings. The SMILES string of the molecule is COc1ccc(C2CC(C(=O)N/N=C/c3cccc(OC)c3O)NN2)cc1. The molecule has 2 aromatic carbocycles. The van der Waals surface area contributed by atoms with E-state index in [4.69, 9.17) is 9.47 Å². The Morgan fingerprint density at radius 2 is 1.96 bits per heavy atom. The number of hydrogen-bond acceptors (Lipinski definition) is 7. The molecule has 1 amide bonds. The Kier molecular flexibility index (Phi) is 5.90. The van der Waals surface area contributed by atoms with Crippen molar-refractivity contribution in [3.05, 3.63) is 53.6 Å². The van der Waals surface area contributed by atoms with Crippen LogP contribution in [-0.4, -0.2) is 37.5 Å². The Bertz CT molecular complexity index is 823. The maximum Gasteiger partial charge on any atom is 0.258 e. The summed E-state index contributed by atoms with van der Waals surface area (Å²) in [5.74, 6) is 0.832. The van der Waals surface area contributed by atoms with Crippen molar-refractivity contribution in [2.24, 2.45) is 5.10 Å². The van der Waals surface area contributed by atoms with Gasteiger partial charge in [-0.15, -0.1) is 0 Å². The summed E-state index contributed by atoms with van der Waals surface area (Å²) in [5, 5.41) is 13.9. The van der Waals surface area contributed by atoms with Crippen LogP contribution in [0.15, 0.2) is 47.6 Å². The van der Waals surface area contributed by atoms with E-state index >= 15 is 0 Å². The molecular formula is C19H22N4O4. The van der Waals surface area contributed by atoms with Crippen molar-refractivity contribution < 1.29 is 19.4 Å². The Morgan fingerprint density at radius 1 is 1.19 bits per heavy atom. The van der Waals surface area contributed by atoms with E-state index in [1.54, 1.807) is 25.3 Å². The molecule has 3 rings (SSSR count). The zero-order valence-electron chi connectivity index (χ0n) is 15.1. The number of methoxy groups -OCH3 is 2. The van der Waals surface area contributed by atoms with E-state index in [0.29, 0.717) is 17.7 Å². The molecule has 8 nitrogen and oxygen atoms in total. The number of para-hydroxylation sites is 1. The van der Waals surface area contributed by atoms with Gasteiger partial charge < -0.3 is 14.6 Å². The molecular weight excluding hydrogens is 348 g/mol. The molecule has 27 heavy (non-hydrogen) atoms. The van der Waals surface area contributed by atoms with Gasteiger partial charge in [-0.3, -0.25) is 4.79 Å². The predicted octanol–water partition coefficient (Wildman–Crippen LogP) is 1.47. The number of hydrazine groups is 1. The highest BCUT2D eigenvalue weighted by molar-refractivity contribution is 5.87. The fourth-order valence-electron chi connectivity index (χ4n) is 2.83. The third kappa shape index (κ3) is 4.36. The summed E-state index contributed by atoms with van der Waals surface area (Å²) in [5.41, 5.74) is 10.1. The number of ether oxygens (including phenoxy) is 2. The molecule has 1 saturated heterocycles. The van der Waals surface area contributed by atoms with Gasteiger partial charge in [-0.05, 0) is 36.2 Å². The number of rotatable bonds is 6. The Balaban J connectivity index is 1.56. The lowest BCUT2D eigenvalue weighted by molar-refractivity contribution is -0.122. The first-order chi connectivity index (χ1) is 13.1. The van der Waals surface area contributed by atoms with Crippen LogP contribution in [0.4, 0.5) is 0 Å². The van der Waals surface area contributed by atoms with E-state index in [1.165, 1.54) is 13.3 Å². The Hall–Kier alpha value is -3.10. The van der Waals surface area contributed by atoms with Crippen LogP contribution in [0.5, 0.6) is 17.2 Å². The zero-order valence-corrected chi connectivity index (χ0v) is 15.1. The van der Waals surface area contributed by atoms with Crippen LogP contribution < -0.4 is 25.8 Å². The number of nitrogens with one attached hydrogen (secondary N) is 3. The van der Waals surface area contributed by atoms with Crippen molar-refractivity contribution in [3.8, 4) is 17.2 Å². The van der Waals surface area contributed by atoms with Crippen LogP contribution in [0.2, 0.25) is 0 Å². The van der Waals surface area contributed by atoms with Crippen LogP contribution in [-0.2, 0) is 4.79 Å². The molecule has 0 spiro atoms. The molecule has 0 bridgehead atoms. The third-order valence-electron chi connectivity index (χ3n) is 4.37. The van der Waals surface area contributed by atoms with Crippen molar-refractivity contribution in [1.82, 2.24) is 16.3 Å². The van der Waals surface area contributed by atoms with Crippen LogP contribution >= 0.6 is 0 Å². The fraction of sp³-hybridized carbons (Fsp3) is 0.263. The molecule has 0 aromatic heterocycles. The number of phenolic OH excluding ortho intramolecular Hbond substituents is 1. The normalized spacial score (nSPS) is 19.2. The van der Waals surface area contributed by atoms with Gasteiger partial charge in [0.15, 0.2) is 11.5 Å². The number of aromatic hydroxyl groups is 1. The summed E-state index contributed by atoms with van der Waals surface area (Å²) in [6.07, 6.45) is 1.96. The maximum absolute atomic E-state index is 12.3. The molecule has 1 aliphatic heterocycles. The average Bonchev–Trinajstić information content (AvgIpc) is 3.19. The number of hydrazone groups is 1. The molecule has 2 unspecified atom stereocenters. The third-order valence-corrected chi connectivity index (χ3v) is 4.37. The first kappa shape index (κ1) is 18.7. The van der Waals surface area contributed by atoms with Gasteiger partial charge >= 0.3 is 0 Å². The minimum absolute atomic E-state index is 0.0121. The highest BCUT2D eigenvalue weighted by Crippen LogP contribution is 2.28. The molecule has 1 fully saturated rings. The largest absolute Gasteiger partial charge is 0.504 e. The fourth-order valence-corrected chi connectivity index (χ4v) is 2.83. The summed E-state index contributed by atoms with van der Waals surface area (Å²) in [6.45, 7) is 0. The van der Waals surface area contributed by atoms with E-state index in [2.05, 4.69) is 21.4 Å². The number of nitrogens with zero attached hydrogens (tertiary/aromatic N) is 1. The van der Waals surface area contributed by atoms with Gasteiger partial charge in [0.05, 0.1) is 20.4 Å². The number of phenols is 1. The smallest absolute Gasteiger partial charge is 0.258 e. The van der Waals surface area contributed by atoms with Gasteiger partial charge in [-0.1, -0.05) is 18.2 Å². The van der Waals surface area contributed by atoms with E-state index in [0.717, 1.165) is 11.3 Å². The maximum atomic E-state index is 12.3. The molecule has 8 heteroatoms. The lowest BCUT2D eigenvalue weighted by atomic mass is 10.0. The number of carbonyl (C=O) groups is 1. The summed E-state index contributed by atoms with van der Waals surface area (Å²) >= 11 is 0. The summed E-state index contributed by atoms with van der Waals surface area (Å²) < 4.78 is 10.2. The van der Waals surface area contributed by atoms with E-state index < -0.39 is 6.04 Å². The van der Waals surface area contributed by atoms with Crippen LogP contribution in [0, 0.1) is 0 Å². The summed E-state index contributed by atoms with van der Waals surface area (Å²) in [7, 11) is 3.09. The lowest BCUT2D eigenvalue weighted by Crippen LogP contribution is -2.41. The van der Waals surface area contributed by atoms with Gasteiger partial charge in [0.2, 0.25) is 0 Å². The van der Waals surface area contributed by atoms with E-state index in [-0.39, 0.29) is 17.7 Å². The minimum Gasteiger partial charge on any atom is -0.504 e. The Morgan fingerprint density at radius 3 is 2.67 bits per heavy atom. The number of carbonyl (C=O) groups excluding carboxylic acids is 1. The van der Waals surface area contributed by atoms with Crippen LogP contribution in [0.25, 0.3) is 0 Å². The number of amides is 1. The average molecular weight is 370 g/mol. The van der Waals surface area contributed by atoms with Gasteiger partial charge in [-0.25, -0.2) is 16.3 Å². The Labute approximate surface area is 157 Å². The quantitative estimate of drug-likeness (QED) is 0.453. The highest BCUT2D eigenvalue weighted by Gasteiger charge is 2.30. The topological polar surface area (TPSA) is 104 Å². The van der Waals surface area contributed by atoms with E-state index in [1.807, 2.05) is 24.3 Å².